The maximum Gasteiger partial charge on any atom is 0.414 e. The maximum atomic E-state index is 11.9. The lowest BCUT2D eigenvalue weighted by atomic mass is 10.2. The molecule has 1 aromatic heterocycles. The number of nitrogens with one attached hydrogen (secondary N) is 2. The number of aliphatic imine (C=N–C) groups is 1. The van der Waals surface area contributed by atoms with Gasteiger partial charge in [0.1, 0.15) is 5.60 Å². The van der Waals surface area contributed by atoms with Gasteiger partial charge in [-0.25, -0.2) is 14.6 Å². The second kappa shape index (κ2) is 9.61. The largest absolute Gasteiger partial charge is 0.449 e. The van der Waals surface area contributed by atoms with Crippen molar-refractivity contribution in [3.05, 3.63) is 23.9 Å². The number of ether oxygens (including phenoxy) is 2. The van der Waals surface area contributed by atoms with Crippen LogP contribution in [-0.4, -0.2) is 35.3 Å². The van der Waals surface area contributed by atoms with Gasteiger partial charge in [-0.05, 0) is 45.7 Å². The zero-order chi connectivity index (χ0) is 18.9. The maximum absolute atomic E-state index is 11.9. The molecule has 1 rings (SSSR count). The Kier molecular flexibility index (Phi) is 7.84. The van der Waals surface area contributed by atoms with Gasteiger partial charge in [-0.2, -0.15) is 4.99 Å². The highest BCUT2D eigenvalue weighted by molar-refractivity contribution is 6.02. The van der Waals surface area contributed by atoms with Crippen LogP contribution in [0.25, 0.3) is 0 Å². The van der Waals surface area contributed by atoms with Gasteiger partial charge in [0.15, 0.2) is 5.82 Å². The van der Waals surface area contributed by atoms with Crippen LogP contribution in [0, 0.1) is 6.92 Å². The number of carbonyl (C=O) groups is 2. The summed E-state index contributed by atoms with van der Waals surface area (Å²) in [5.41, 5.74) is 0.284. The third-order valence-corrected chi connectivity index (χ3v) is 2.69. The minimum atomic E-state index is -0.743. The molecule has 8 nitrogen and oxygen atoms in total. The number of hydrogen-bond acceptors (Lipinski definition) is 6. The van der Waals surface area contributed by atoms with E-state index in [1.54, 1.807) is 33.0 Å². The Morgan fingerprint density at radius 1 is 1.20 bits per heavy atom. The highest BCUT2D eigenvalue weighted by atomic mass is 16.6. The lowest BCUT2D eigenvalue weighted by Gasteiger charge is -2.20. The third kappa shape index (κ3) is 9.29. The Labute approximate surface area is 148 Å². The lowest BCUT2D eigenvalue weighted by molar-refractivity contribution is 0.0561. The van der Waals surface area contributed by atoms with Crippen molar-refractivity contribution in [3.63, 3.8) is 0 Å². The molecule has 0 aliphatic heterocycles. The van der Waals surface area contributed by atoms with Gasteiger partial charge in [0.25, 0.3) is 0 Å². The topological polar surface area (TPSA) is 102 Å². The number of nitrogens with zero attached hydrogens (tertiary/aromatic N) is 2. The Morgan fingerprint density at radius 2 is 1.88 bits per heavy atom. The average Bonchev–Trinajstić information content (AvgIpc) is 2.47. The molecule has 8 heteroatoms. The van der Waals surface area contributed by atoms with E-state index in [0.29, 0.717) is 5.82 Å². The van der Waals surface area contributed by atoms with Crippen LogP contribution < -0.4 is 10.6 Å². The minimum Gasteiger partial charge on any atom is -0.449 e. The number of alkyl carbamates (subject to hydrolysis) is 2. The molecule has 1 heterocycles. The number of unbranched alkanes of at least 4 members (excludes halogenated alkanes) is 1. The number of carbonyl (C=O) groups excluding carboxylic acids is 2. The predicted molar refractivity (Wildman–Crippen MR) is 94.8 cm³/mol. The number of guanidine groups is 1. The molecule has 0 atom stereocenters. The smallest absolute Gasteiger partial charge is 0.414 e. The molecule has 25 heavy (non-hydrogen) atoms. The molecule has 0 saturated carbocycles. The molecule has 0 aromatic carbocycles. The molecule has 1 aromatic rings. The molecule has 2 N–H and O–H groups in total. The molecule has 0 saturated heterocycles. The first kappa shape index (κ1) is 20.4. The van der Waals surface area contributed by atoms with Crippen LogP contribution in [0.1, 0.15) is 46.1 Å². The van der Waals surface area contributed by atoms with Crippen LogP contribution >= 0.6 is 0 Å². The molecule has 0 aliphatic rings. The zero-order valence-electron chi connectivity index (χ0n) is 15.4. The summed E-state index contributed by atoms with van der Waals surface area (Å²) < 4.78 is 10.2. The number of hydrogen-bond donors (Lipinski definition) is 2. The van der Waals surface area contributed by atoms with Crippen LogP contribution in [0.2, 0.25) is 0 Å². The Hall–Kier alpha value is -2.64. The third-order valence-electron chi connectivity index (χ3n) is 2.69. The summed E-state index contributed by atoms with van der Waals surface area (Å²) in [6.45, 7) is 9.36. The van der Waals surface area contributed by atoms with Crippen LogP contribution in [0.3, 0.4) is 0 Å². The van der Waals surface area contributed by atoms with E-state index >= 15 is 0 Å². The molecule has 0 unspecified atom stereocenters. The molecule has 2 amide bonds. The van der Waals surface area contributed by atoms with Crippen molar-refractivity contribution in [1.82, 2.24) is 15.6 Å². The molecule has 138 valence electrons. The van der Waals surface area contributed by atoms with Crippen LogP contribution in [0.15, 0.2) is 23.3 Å². The summed E-state index contributed by atoms with van der Waals surface area (Å²) in [5.74, 6) is 0.206. The van der Waals surface area contributed by atoms with Gasteiger partial charge in [-0.15, -0.1) is 0 Å². The fourth-order valence-electron chi connectivity index (χ4n) is 1.57. The Bertz CT molecular complexity index is 606. The molecule has 0 fully saturated rings. The van der Waals surface area contributed by atoms with Gasteiger partial charge in [0, 0.05) is 6.20 Å². The van der Waals surface area contributed by atoms with E-state index in [1.807, 2.05) is 19.9 Å². The van der Waals surface area contributed by atoms with E-state index in [-0.39, 0.29) is 12.6 Å². The lowest BCUT2D eigenvalue weighted by Crippen LogP contribution is -2.45. The minimum absolute atomic E-state index is 0.118. The van der Waals surface area contributed by atoms with Gasteiger partial charge < -0.3 is 9.47 Å². The monoisotopic (exact) mass is 350 g/mol. The van der Waals surface area contributed by atoms with Crippen molar-refractivity contribution in [2.24, 2.45) is 4.99 Å². The first-order valence-corrected chi connectivity index (χ1v) is 8.14. The normalized spacial score (nSPS) is 11.6. The van der Waals surface area contributed by atoms with Crippen LogP contribution in [-0.2, 0) is 9.47 Å². The zero-order valence-corrected chi connectivity index (χ0v) is 15.4. The summed E-state index contributed by atoms with van der Waals surface area (Å²) >= 11 is 0. The fraction of sp³-hybridized carbons (Fsp3) is 0.529. The summed E-state index contributed by atoms with van der Waals surface area (Å²) in [6, 6.07) is 3.48. The van der Waals surface area contributed by atoms with Crippen molar-refractivity contribution in [2.45, 2.75) is 53.1 Å². The highest BCUT2D eigenvalue weighted by Gasteiger charge is 2.19. The first-order valence-electron chi connectivity index (χ1n) is 8.14. The molecular weight excluding hydrogens is 324 g/mol. The van der Waals surface area contributed by atoms with Crippen molar-refractivity contribution in [3.8, 4) is 0 Å². The standard InChI is InChI=1S/C17H26N4O4/c1-6-7-10-24-15(22)20-14(21-16(23)25-17(3,4)5)19-13-9-8-12(2)11-18-13/h8-9,11H,6-7,10H2,1-5H3,(H2,18,19,20,21,22,23). The van der Waals surface area contributed by atoms with E-state index < -0.39 is 17.8 Å². The van der Waals surface area contributed by atoms with E-state index in [2.05, 4.69) is 20.6 Å². The number of aromatic nitrogens is 1. The second-order valence-corrected chi connectivity index (χ2v) is 6.40. The van der Waals surface area contributed by atoms with E-state index in [9.17, 15) is 9.59 Å². The molecular formula is C17H26N4O4. The summed E-state index contributed by atoms with van der Waals surface area (Å²) in [5, 5.41) is 4.79. The quantitative estimate of drug-likeness (QED) is 0.492. The average molecular weight is 350 g/mol. The Morgan fingerprint density at radius 3 is 2.44 bits per heavy atom. The second-order valence-electron chi connectivity index (χ2n) is 6.40. The van der Waals surface area contributed by atoms with Gasteiger partial charge in [0.2, 0.25) is 5.96 Å². The predicted octanol–water partition coefficient (Wildman–Crippen LogP) is 3.43. The van der Waals surface area contributed by atoms with Gasteiger partial charge in [-0.1, -0.05) is 19.4 Å². The summed E-state index contributed by atoms with van der Waals surface area (Å²) in [7, 11) is 0. The number of pyridine rings is 1. The Balaban J connectivity index is 2.84. The van der Waals surface area contributed by atoms with Crippen molar-refractivity contribution in [1.29, 1.82) is 0 Å². The molecule has 0 radical (unpaired) electrons. The number of aryl methyl sites for hydroxylation is 1. The van der Waals surface area contributed by atoms with Crippen molar-refractivity contribution < 1.29 is 19.1 Å². The summed E-state index contributed by atoms with van der Waals surface area (Å²) in [4.78, 5) is 32.0. The fourth-order valence-corrected chi connectivity index (χ4v) is 1.57. The van der Waals surface area contributed by atoms with Crippen LogP contribution in [0.5, 0.6) is 0 Å². The van der Waals surface area contributed by atoms with Crippen molar-refractivity contribution >= 4 is 24.0 Å². The SMILES string of the molecule is CCCCOC(=O)NC(=Nc1ccc(C)cn1)NC(=O)OC(C)(C)C. The van der Waals surface area contributed by atoms with E-state index in [1.165, 1.54) is 0 Å². The van der Waals surface area contributed by atoms with Gasteiger partial charge >= 0.3 is 12.2 Å². The molecule has 0 bridgehead atoms. The van der Waals surface area contributed by atoms with Gasteiger partial charge in [0.05, 0.1) is 6.61 Å². The number of amides is 2. The summed E-state index contributed by atoms with van der Waals surface area (Å²) in [6.07, 6.45) is 1.82. The van der Waals surface area contributed by atoms with Crippen molar-refractivity contribution in [2.75, 3.05) is 6.61 Å². The van der Waals surface area contributed by atoms with E-state index in [0.717, 1.165) is 18.4 Å². The first-order chi connectivity index (χ1) is 11.7. The highest BCUT2D eigenvalue weighted by Crippen LogP contribution is 2.09. The molecule has 0 aliphatic carbocycles. The molecule has 0 spiro atoms. The van der Waals surface area contributed by atoms with Crippen LogP contribution in [0.4, 0.5) is 15.4 Å². The number of rotatable bonds is 4. The van der Waals surface area contributed by atoms with Gasteiger partial charge in [-0.3, -0.25) is 10.6 Å². The van der Waals surface area contributed by atoms with E-state index in [4.69, 9.17) is 9.47 Å².